The fraction of sp³-hybridized carbons (Fsp3) is 1.00. The van der Waals surface area contributed by atoms with Crippen LogP contribution in [0.4, 0.5) is 0 Å². The summed E-state index contributed by atoms with van der Waals surface area (Å²) in [5, 5.41) is 3.69. The molecule has 1 aliphatic heterocycles. The smallest absolute Gasteiger partial charge is 0.0489 e. The van der Waals surface area contributed by atoms with Crippen molar-refractivity contribution < 1.29 is 4.74 Å². The van der Waals surface area contributed by atoms with Crippen molar-refractivity contribution in [2.24, 2.45) is 5.92 Å². The number of likely N-dealkylation sites (tertiary alicyclic amines) is 1. The van der Waals surface area contributed by atoms with Gasteiger partial charge in [-0.2, -0.15) is 0 Å². The standard InChI is InChI=1S/C15H32N2O/c1-4-17-10-5-7-15(8-11-17)16-9-6-12-18-13-14(2)3/h14-16H,4-13H2,1-3H3. The number of rotatable bonds is 8. The van der Waals surface area contributed by atoms with E-state index in [-0.39, 0.29) is 0 Å². The van der Waals surface area contributed by atoms with E-state index in [2.05, 4.69) is 31.0 Å². The molecule has 0 radical (unpaired) electrons. The lowest BCUT2D eigenvalue weighted by Gasteiger charge is -2.18. The molecule has 0 aliphatic carbocycles. The van der Waals surface area contributed by atoms with Gasteiger partial charge in [0.05, 0.1) is 0 Å². The Morgan fingerprint density at radius 2 is 2.11 bits per heavy atom. The second-order valence-corrected chi connectivity index (χ2v) is 5.84. The van der Waals surface area contributed by atoms with Gasteiger partial charge in [0.25, 0.3) is 0 Å². The fourth-order valence-corrected chi connectivity index (χ4v) is 2.48. The van der Waals surface area contributed by atoms with Crippen LogP contribution in [0.2, 0.25) is 0 Å². The van der Waals surface area contributed by atoms with Crippen LogP contribution in [0.3, 0.4) is 0 Å². The van der Waals surface area contributed by atoms with Crippen LogP contribution < -0.4 is 5.32 Å². The molecule has 0 aromatic carbocycles. The summed E-state index contributed by atoms with van der Waals surface area (Å²) in [6, 6.07) is 0.728. The zero-order valence-electron chi connectivity index (χ0n) is 12.6. The van der Waals surface area contributed by atoms with Crippen LogP contribution in [0, 0.1) is 5.92 Å². The monoisotopic (exact) mass is 256 g/mol. The first-order valence-electron chi connectivity index (χ1n) is 7.75. The Bertz CT molecular complexity index is 197. The lowest BCUT2D eigenvalue weighted by Crippen LogP contribution is -2.32. The zero-order chi connectivity index (χ0) is 13.2. The SMILES string of the molecule is CCN1CCCC(NCCCOCC(C)C)CC1. The van der Waals surface area contributed by atoms with Gasteiger partial charge in [-0.05, 0) is 57.8 Å². The van der Waals surface area contributed by atoms with E-state index in [1.165, 1.54) is 38.9 Å². The first-order valence-corrected chi connectivity index (χ1v) is 7.75. The molecular formula is C15H32N2O. The molecule has 0 bridgehead atoms. The van der Waals surface area contributed by atoms with Crippen molar-refractivity contribution in [1.29, 1.82) is 0 Å². The number of hydrogen-bond donors (Lipinski definition) is 1. The second kappa shape index (κ2) is 9.76. The predicted octanol–water partition coefficient (Wildman–Crippen LogP) is 2.51. The maximum Gasteiger partial charge on any atom is 0.0489 e. The maximum atomic E-state index is 5.60. The van der Waals surface area contributed by atoms with Gasteiger partial charge in [0, 0.05) is 19.3 Å². The van der Waals surface area contributed by atoms with Crippen LogP contribution in [0.15, 0.2) is 0 Å². The molecule has 1 rings (SSSR count). The van der Waals surface area contributed by atoms with Crippen LogP contribution in [0.25, 0.3) is 0 Å². The van der Waals surface area contributed by atoms with Gasteiger partial charge in [-0.25, -0.2) is 0 Å². The predicted molar refractivity (Wildman–Crippen MR) is 78.0 cm³/mol. The Kier molecular flexibility index (Phi) is 8.64. The lowest BCUT2D eigenvalue weighted by atomic mass is 10.1. The minimum absolute atomic E-state index is 0.653. The Morgan fingerprint density at radius 1 is 1.28 bits per heavy atom. The van der Waals surface area contributed by atoms with E-state index in [0.717, 1.165) is 32.2 Å². The zero-order valence-corrected chi connectivity index (χ0v) is 12.6. The van der Waals surface area contributed by atoms with Crippen LogP contribution in [-0.2, 0) is 4.74 Å². The maximum absolute atomic E-state index is 5.60. The summed E-state index contributed by atoms with van der Waals surface area (Å²) in [7, 11) is 0. The molecule has 1 fully saturated rings. The van der Waals surface area contributed by atoms with Crippen LogP contribution in [-0.4, -0.2) is 50.3 Å². The molecule has 3 heteroatoms. The van der Waals surface area contributed by atoms with Gasteiger partial charge in [0.1, 0.15) is 0 Å². The van der Waals surface area contributed by atoms with Crippen molar-refractivity contribution in [1.82, 2.24) is 10.2 Å². The van der Waals surface area contributed by atoms with E-state index in [0.29, 0.717) is 5.92 Å². The first kappa shape index (κ1) is 15.9. The molecule has 0 aromatic rings. The Labute approximate surface area is 113 Å². The molecule has 0 amide bonds. The van der Waals surface area contributed by atoms with E-state index in [1.54, 1.807) is 0 Å². The molecule has 1 heterocycles. The fourth-order valence-electron chi connectivity index (χ4n) is 2.48. The molecular weight excluding hydrogens is 224 g/mol. The molecule has 0 aromatic heterocycles. The summed E-state index contributed by atoms with van der Waals surface area (Å²) in [6.45, 7) is 13.3. The Balaban J connectivity index is 1.98. The minimum Gasteiger partial charge on any atom is -0.381 e. The summed E-state index contributed by atoms with van der Waals surface area (Å²) in [5.41, 5.74) is 0. The van der Waals surface area contributed by atoms with Crippen LogP contribution in [0.5, 0.6) is 0 Å². The average molecular weight is 256 g/mol. The van der Waals surface area contributed by atoms with Gasteiger partial charge in [-0.1, -0.05) is 20.8 Å². The molecule has 1 aliphatic rings. The van der Waals surface area contributed by atoms with E-state index < -0.39 is 0 Å². The second-order valence-electron chi connectivity index (χ2n) is 5.84. The van der Waals surface area contributed by atoms with E-state index in [4.69, 9.17) is 4.74 Å². The number of hydrogen-bond acceptors (Lipinski definition) is 3. The van der Waals surface area contributed by atoms with E-state index >= 15 is 0 Å². The summed E-state index contributed by atoms with van der Waals surface area (Å²) in [5.74, 6) is 0.653. The number of nitrogens with one attached hydrogen (secondary N) is 1. The van der Waals surface area contributed by atoms with Gasteiger partial charge in [0.15, 0.2) is 0 Å². The van der Waals surface area contributed by atoms with Gasteiger partial charge in [0.2, 0.25) is 0 Å². The van der Waals surface area contributed by atoms with Gasteiger partial charge in [-0.3, -0.25) is 0 Å². The normalized spacial score (nSPS) is 22.3. The first-order chi connectivity index (χ1) is 8.72. The van der Waals surface area contributed by atoms with E-state index in [1.807, 2.05) is 0 Å². The molecule has 1 unspecified atom stereocenters. The van der Waals surface area contributed by atoms with Crippen LogP contribution >= 0.6 is 0 Å². The summed E-state index contributed by atoms with van der Waals surface area (Å²) < 4.78 is 5.60. The quantitative estimate of drug-likeness (QED) is 0.675. The summed E-state index contributed by atoms with van der Waals surface area (Å²) in [4.78, 5) is 2.56. The van der Waals surface area contributed by atoms with Gasteiger partial charge in [-0.15, -0.1) is 0 Å². The average Bonchev–Trinajstić information content (AvgIpc) is 2.58. The van der Waals surface area contributed by atoms with Crippen molar-refractivity contribution in [3.8, 4) is 0 Å². The third-order valence-electron chi connectivity index (χ3n) is 3.62. The highest BCUT2D eigenvalue weighted by Gasteiger charge is 2.14. The summed E-state index contributed by atoms with van der Waals surface area (Å²) >= 11 is 0. The minimum atomic E-state index is 0.653. The highest BCUT2D eigenvalue weighted by molar-refractivity contribution is 4.74. The van der Waals surface area contributed by atoms with Crippen molar-refractivity contribution in [3.05, 3.63) is 0 Å². The third kappa shape index (κ3) is 7.34. The Hall–Kier alpha value is -0.120. The molecule has 18 heavy (non-hydrogen) atoms. The van der Waals surface area contributed by atoms with Gasteiger partial charge >= 0.3 is 0 Å². The highest BCUT2D eigenvalue weighted by atomic mass is 16.5. The third-order valence-corrected chi connectivity index (χ3v) is 3.62. The van der Waals surface area contributed by atoms with Crippen molar-refractivity contribution in [3.63, 3.8) is 0 Å². The molecule has 108 valence electrons. The van der Waals surface area contributed by atoms with Crippen molar-refractivity contribution in [2.45, 2.75) is 52.5 Å². The Morgan fingerprint density at radius 3 is 2.83 bits per heavy atom. The van der Waals surface area contributed by atoms with E-state index in [9.17, 15) is 0 Å². The highest BCUT2D eigenvalue weighted by Crippen LogP contribution is 2.10. The molecule has 3 nitrogen and oxygen atoms in total. The topological polar surface area (TPSA) is 24.5 Å². The molecule has 0 spiro atoms. The molecule has 1 N–H and O–H groups in total. The van der Waals surface area contributed by atoms with Crippen LogP contribution in [0.1, 0.15) is 46.5 Å². The molecule has 0 saturated carbocycles. The largest absolute Gasteiger partial charge is 0.381 e. The summed E-state index contributed by atoms with van der Waals surface area (Å²) in [6.07, 6.45) is 5.13. The number of ether oxygens (including phenoxy) is 1. The van der Waals surface area contributed by atoms with Gasteiger partial charge < -0.3 is 15.0 Å². The lowest BCUT2D eigenvalue weighted by molar-refractivity contribution is 0.107. The van der Waals surface area contributed by atoms with Crippen molar-refractivity contribution >= 4 is 0 Å². The molecule has 1 saturated heterocycles. The van der Waals surface area contributed by atoms with Crippen molar-refractivity contribution in [2.75, 3.05) is 39.4 Å². The molecule has 1 atom stereocenters. The number of nitrogens with zero attached hydrogens (tertiary/aromatic N) is 1.